The highest BCUT2D eigenvalue weighted by molar-refractivity contribution is 7.99. The van der Waals surface area contributed by atoms with E-state index < -0.39 is 103 Å². The van der Waals surface area contributed by atoms with Gasteiger partial charge in [-0.05, 0) is 78.4 Å². The maximum Gasteiger partial charge on any atom is 0.338 e. The molecule has 0 unspecified atom stereocenters. The van der Waals surface area contributed by atoms with Crippen molar-refractivity contribution in [1.29, 1.82) is 0 Å². The summed E-state index contributed by atoms with van der Waals surface area (Å²) in [6.07, 6.45) is -13.6. The van der Waals surface area contributed by atoms with E-state index in [-0.39, 0.29) is 46.6 Å². The van der Waals surface area contributed by atoms with Crippen molar-refractivity contribution in [3.05, 3.63) is 245 Å². The molecular weight excluding hydrogens is 1020 g/mol. The fraction of sp³-hybridized carbons (Fsp3) is 0.213. The standard InChI is InChI=1S/C61H51NO15S/c63-49-48(62-54(64)44-33-19-20-34-45(44)55(62)65)61(78-43-31-17-6-18-32-43)73-46(36-70-35-38-21-7-1-8-22-38)50(49)77-60-53(76-59(69)42-29-15-5-16-30-42)52(75-58(68)41-27-13-4-14-28-41)51(74-57(67)40-25-11-3-12-26-40)47(72-60)37-71-56(66)39-23-9-2-10-24-39/h1-34,46-53,60-61,63H,35-37H2/t46-,47-,48-,49-,50-,51-,52+,53+,60+,61+/m1/s1. The summed E-state index contributed by atoms with van der Waals surface area (Å²) in [7, 11) is 0. The molecule has 10 rings (SSSR count). The first kappa shape index (κ1) is 53.1. The molecule has 0 saturated carbocycles. The summed E-state index contributed by atoms with van der Waals surface area (Å²) in [5.41, 5.74) is 0.252. The number of benzene rings is 7. The highest BCUT2D eigenvalue weighted by Gasteiger charge is 2.58. The number of carbonyl (C=O) groups is 6. The van der Waals surface area contributed by atoms with Gasteiger partial charge < -0.3 is 43.0 Å². The summed E-state index contributed by atoms with van der Waals surface area (Å²) in [5, 5.41) is 13.1. The Bertz CT molecular complexity index is 3160. The Morgan fingerprint density at radius 3 is 1.41 bits per heavy atom. The minimum atomic E-state index is -1.92. The van der Waals surface area contributed by atoms with Gasteiger partial charge in [0, 0.05) is 4.90 Å². The second-order valence-electron chi connectivity index (χ2n) is 18.3. The molecule has 0 aromatic heterocycles. The van der Waals surface area contributed by atoms with Crippen LogP contribution >= 0.6 is 11.8 Å². The average Bonchev–Trinajstić information content (AvgIpc) is 3.85. The average molecular weight is 1070 g/mol. The van der Waals surface area contributed by atoms with Gasteiger partial charge in [0.15, 0.2) is 24.6 Å². The molecule has 10 atom stereocenters. The molecule has 396 valence electrons. The van der Waals surface area contributed by atoms with Crippen LogP contribution in [0.5, 0.6) is 0 Å². The van der Waals surface area contributed by atoms with Crippen molar-refractivity contribution < 1.29 is 71.8 Å². The van der Waals surface area contributed by atoms with Crippen LogP contribution < -0.4 is 0 Å². The van der Waals surface area contributed by atoms with Crippen molar-refractivity contribution in [3.63, 3.8) is 0 Å². The molecule has 0 aliphatic carbocycles. The fourth-order valence-corrected chi connectivity index (χ4v) is 10.6. The summed E-state index contributed by atoms with van der Waals surface area (Å²) in [5.74, 6) is -4.99. The molecule has 16 nitrogen and oxygen atoms in total. The molecule has 2 amide bonds. The van der Waals surface area contributed by atoms with Gasteiger partial charge in [-0.15, -0.1) is 0 Å². The van der Waals surface area contributed by atoms with Crippen LogP contribution in [0, 0.1) is 0 Å². The highest BCUT2D eigenvalue weighted by Crippen LogP contribution is 2.42. The molecule has 0 spiro atoms. The number of esters is 4. The largest absolute Gasteiger partial charge is 0.459 e. The molecule has 3 heterocycles. The number of hydrogen-bond donors (Lipinski definition) is 1. The Labute approximate surface area is 452 Å². The number of hydrogen-bond acceptors (Lipinski definition) is 16. The SMILES string of the molecule is O=C(OC[C@H]1O[C@@H](O[C@H]2[C@H](O)[C@@H](N3C(=O)c4ccccc4C3=O)[C@H](Sc3ccccc3)O[C@@H]2COCc2ccccc2)[C@@H](OC(=O)c2ccccc2)[C@@H](OC(=O)c2ccccc2)[C@@H]1OC(=O)c1ccccc1)c1ccccc1. The van der Waals surface area contributed by atoms with Gasteiger partial charge in [0.1, 0.15) is 42.5 Å². The smallest absolute Gasteiger partial charge is 0.338 e. The lowest BCUT2D eigenvalue weighted by molar-refractivity contribution is -0.333. The number of thioether (sulfide) groups is 1. The van der Waals surface area contributed by atoms with Gasteiger partial charge in [0.25, 0.3) is 11.8 Å². The van der Waals surface area contributed by atoms with Crippen LogP contribution in [-0.4, -0.2) is 119 Å². The molecule has 3 aliphatic heterocycles. The number of ether oxygens (including phenoxy) is 8. The summed E-state index contributed by atoms with van der Waals surface area (Å²) >= 11 is 1.16. The minimum absolute atomic E-state index is 0.0563. The Balaban J connectivity index is 1.09. The monoisotopic (exact) mass is 1070 g/mol. The zero-order chi connectivity index (χ0) is 54.0. The van der Waals surface area contributed by atoms with Gasteiger partial charge >= 0.3 is 23.9 Å². The van der Waals surface area contributed by atoms with Gasteiger partial charge in [0.2, 0.25) is 0 Å². The molecule has 1 N–H and O–H groups in total. The lowest BCUT2D eigenvalue weighted by Crippen LogP contribution is -2.68. The number of carbonyl (C=O) groups excluding carboxylic acids is 6. The van der Waals surface area contributed by atoms with Crippen LogP contribution in [0.2, 0.25) is 0 Å². The molecule has 3 aliphatic rings. The molecule has 2 saturated heterocycles. The van der Waals surface area contributed by atoms with Crippen LogP contribution in [0.3, 0.4) is 0 Å². The summed E-state index contributed by atoms with van der Waals surface area (Å²) in [4.78, 5) is 87.4. The second kappa shape index (κ2) is 24.8. The summed E-state index contributed by atoms with van der Waals surface area (Å²) < 4.78 is 51.6. The minimum Gasteiger partial charge on any atom is -0.459 e. The van der Waals surface area contributed by atoms with E-state index in [0.717, 1.165) is 22.2 Å². The summed E-state index contributed by atoms with van der Waals surface area (Å²) in [6, 6.07) is 54.9. The van der Waals surface area contributed by atoms with E-state index >= 15 is 0 Å². The van der Waals surface area contributed by atoms with Gasteiger partial charge in [-0.2, -0.15) is 0 Å². The third-order valence-corrected chi connectivity index (χ3v) is 14.3. The number of rotatable bonds is 18. The molecule has 0 radical (unpaired) electrons. The van der Waals surface area contributed by atoms with E-state index in [1.54, 1.807) is 97.1 Å². The molecule has 0 bridgehead atoms. The summed E-state index contributed by atoms with van der Waals surface area (Å²) in [6.45, 7) is -0.847. The van der Waals surface area contributed by atoms with Crippen molar-refractivity contribution in [2.24, 2.45) is 0 Å². The Kier molecular flexibility index (Phi) is 16.9. The number of aliphatic hydroxyl groups is 1. The molecule has 7 aromatic carbocycles. The number of fused-ring (bicyclic) bond motifs is 1. The zero-order valence-electron chi connectivity index (χ0n) is 41.5. The first-order chi connectivity index (χ1) is 38.1. The van der Waals surface area contributed by atoms with Crippen LogP contribution in [0.4, 0.5) is 0 Å². The van der Waals surface area contributed by atoms with Crippen molar-refractivity contribution in [2.45, 2.75) is 72.0 Å². The molecule has 2 fully saturated rings. The Morgan fingerprint density at radius 2 is 0.897 bits per heavy atom. The quantitative estimate of drug-likeness (QED) is 0.0488. The highest BCUT2D eigenvalue weighted by atomic mass is 32.2. The Hall–Kier alpha value is -8.29. The predicted molar refractivity (Wildman–Crippen MR) is 281 cm³/mol. The lowest BCUT2D eigenvalue weighted by atomic mass is 9.95. The third-order valence-electron chi connectivity index (χ3n) is 13.2. The first-order valence-corrected chi connectivity index (χ1v) is 25.9. The van der Waals surface area contributed by atoms with E-state index in [0.29, 0.717) is 4.90 Å². The van der Waals surface area contributed by atoms with Gasteiger partial charge in [0.05, 0.1) is 46.6 Å². The maximum absolute atomic E-state index is 14.5. The lowest BCUT2D eigenvalue weighted by Gasteiger charge is -2.49. The van der Waals surface area contributed by atoms with Crippen LogP contribution in [-0.2, 0) is 44.5 Å². The normalized spacial score (nSPS) is 23.6. The van der Waals surface area contributed by atoms with E-state index in [9.17, 15) is 33.9 Å². The molecule has 17 heteroatoms. The van der Waals surface area contributed by atoms with Crippen LogP contribution in [0.25, 0.3) is 0 Å². The third kappa shape index (κ3) is 12.1. The van der Waals surface area contributed by atoms with Crippen molar-refractivity contribution in [3.8, 4) is 0 Å². The van der Waals surface area contributed by atoms with Gasteiger partial charge in [-0.25, -0.2) is 19.2 Å². The second-order valence-corrected chi connectivity index (χ2v) is 19.5. The number of aliphatic hydroxyl groups excluding tert-OH is 1. The van der Waals surface area contributed by atoms with Gasteiger partial charge in [-0.3, -0.25) is 14.5 Å². The van der Waals surface area contributed by atoms with Crippen molar-refractivity contribution in [1.82, 2.24) is 4.90 Å². The van der Waals surface area contributed by atoms with Crippen LogP contribution in [0.15, 0.2) is 211 Å². The van der Waals surface area contributed by atoms with E-state index in [1.165, 1.54) is 60.7 Å². The predicted octanol–water partition coefficient (Wildman–Crippen LogP) is 8.39. The zero-order valence-corrected chi connectivity index (χ0v) is 42.4. The Morgan fingerprint density at radius 1 is 0.474 bits per heavy atom. The van der Waals surface area contributed by atoms with E-state index in [2.05, 4.69) is 0 Å². The maximum atomic E-state index is 14.5. The van der Waals surface area contributed by atoms with Crippen molar-refractivity contribution >= 4 is 47.5 Å². The first-order valence-electron chi connectivity index (χ1n) is 25.1. The molecule has 7 aromatic rings. The van der Waals surface area contributed by atoms with E-state index in [4.69, 9.17) is 37.9 Å². The molecule has 78 heavy (non-hydrogen) atoms. The van der Waals surface area contributed by atoms with Crippen LogP contribution in [0.1, 0.15) is 67.7 Å². The molecular formula is C61H51NO15S. The van der Waals surface area contributed by atoms with E-state index in [1.807, 2.05) is 48.5 Å². The number of imide groups is 1. The topological polar surface area (TPSA) is 200 Å². The number of amides is 2. The number of nitrogens with zero attached hydrogens (tertiary/aromatic N) is 1. The van der Waals surface area contributed by atoms with Gasteiger partial charge in [-0.1, -0.05) is 145 Å². The van der Waals surface area contributed by atoms with Crippen molar-refractivity contribution in [2.75, 3.05) is 13.2 Å². The fourth-order valence-electron chi connectivity index (χ4n) is 9.35.